The van der Waals surface area contributed by atoms with Crippen LogP contribution in [0.3, 0.4) is 0 Å². The number of nitrogens with zero attached hydrogens (tertiary/aromatic N) is 2. The highest BCUT2D eigenvalue weighted by Crippen LogP contribution is 2.39. The van der Waals surface area contributed by atoms with Crippen LogP contribution in [0.1, 0.15) is 31.3 Å². The summed E-state index contributed by atoms with van der Waals surface area (Å²) in [5, 5.41) is 25.6. The molecular weight excluding hydrogens is 415 g/mol. The predicted octanol–water partition coefficient (Wildman–Crippen LogP) is 4.04. The summed E-state index contributed by atoms with van der Waals surface area (Å²) in [6, 6.07) is 2.38. The minimum absolute atomic E-state index is 0.0798. The number of halogens is 4. The summed E-state index contributed by atoms with van der Waals surface area (Å²) in [7, 11) is 1.32. The second-order valence-corrected chi connectivity index (χ2v) is 7.49. The summed E-state index contributed by atoms with van der Waals surface area (Å²) in [4.78, 5) is 11.4. The number of ether oxygens (including phenoxy) is 1. The maximum Gasteiger partial charge on any atom is 0.408 e. The van der Waals surface area contributed by atoms with Crippen LogP contribution < -0.4 is 10.1 Å². The zero-order valence-electron chi connectivity index (χ0n) is 16.1. The number of aromatic nitrogens is 2. The number of hydrogen-bond donors (Lipinski definition) is 3. The first-order valence-corrected chi connectivity index (χ1v) is 8.86. The first-order chi connectivity index (χ1) is 13.2. The molecule has 0 saturated carbocycles. The molecule has 0 aliphatic heterocycles. The largest absolute Gasteiger partial charge is 0.496 e. The first-order valence-electron chi connectivity index (χ1n) is 8.48. The van der Waals surface area contributed by atoms with Crippen LogP contribution in [0.2, 0.25) is 5.02 Å². The van der Waals surface area contributed by atoms with Crippen LogP contribution in [-0.4, -0.2) is 50.9 Å². The van der Waals surface area contributed by atoms with Gasteiger partial charge in [-0.2, -0.15) is 18.3 Å². The molecule has 0 radical (unpaired) electrons. The quantitative estimate of drug-likeness (QED) is 0.607. The average molecular weight is 436 g/mol. The number of nitrogens with one attached hydrogen (secondary N) is 1. The van der Waals surface area contributed by atoms with E-state index in [0.717, 1.165) is 6.92 Å². The van der Waals surface area contributed by atoms with Crippen molar-refractivity contribution in [3.05, 3.63) is 28.9 Å². The van der Waals surface area contributed by atoms with Crippen molar-refractivity contribution in [3.8, 4) is 17.0 Å². The van der Waals surface area contributed by atoms with Crippen molar-refractivity contribution in [1.29, 1.82) is 0 Å². The van der Waals surface area contributed by atoms with E-state index in [-0.39, 0.29) is 28.7 Å². The zero-order valence-corrected chi connectivity index (χ0v) is 16.9. The Balaban J connectivity index is 2.57. The second-order valence-electron chi connectivity index (χ2n) is 7.11. The first kappa shape index (κ1) is 22.8. The Hall–Kier alpha value is -2.46. The van der Waals surface area contributed by atoms with Gasteiger partial charge in [0.15, 0.2) is 5.69 Å². The Morgan fingerprint density at radius 1 is 1.38 bits per heavy atom. The summed E-state index contributed by atoms with van der Waals surface area (Å²) in [6.07, 6.45) is -4.43. The van der Waals surface area contributed by atoms with Crippen LogP contribution in [0.25, 0.3) is 11.3 Å². The van der Waals surface area contributed by atoms with Gasteiger partial charge in [-0.3, -0.25) is 4.68 Å². The summed E-state index contributed by atoms with van der Waals surface area (Å²) in [5.74, 6) is -1.21. The number of methoxy groups -OCH3 is 1. The molecule has 0 saturated heterocycles. The van der Waals surface area contributed by atoms with Crippen molar-refractivity contribution in [2.24, 2.45) is 0 Å². The Kier molecular flexibility index (Phi) is 6.39. The fourth-order valence-corrected chi connectivity index (χ4v) is 2.94. The molecule has 2 rings (SSSR count). The minimum Gasteiger partial charge on any atom is -0.496 e. The topological polar surface area (TPSA) is 96.6 Å². The van der Waals surface area contributed by atoms with Crippen LogP contribution in [0, 0.1) is 0 Å². The van der Waals surface area contributed by atoms with Gasteiger partial charge in [0.25, 0.3) is 0 Å². The van der Waals surface area contributed by atoms with Crippen molar-refractivity contribution in [2.75, 3.05) is 12.4 Å². The lowest BCUT2D eigenvalue weighted by Gasteiger charge is -2.21. The van der Waals surface area contributed by atoms with Gasteiger partial charge in [0, 0.05) is 17.3 Å². The third-order valence-corrected chi connectivity index (χ3v) is 4.32. The summed E-state index contributed by atoms with van der Waals surface area (Å²) < 4.78 is 44.9. The molecule has 2 aromatic rings. The lowest BCUT2D eigenvalue weighted by Crippen LogP contribution is -2.33. The van der Waals surface area contributed by atoms with Crippen LogP contribution in [-0.2, 0) is 6.54 Å². The van der Waals surface area contributed by atoms with Gasteiger partial charge in [0.1, 0.15) is 16.8 Å². The Morgan fingerprint density at radius 2 is 2.00 bits per heavy atom. The van der Waals surface area contributed by atoms with Crippen molar-refractivity contribution in [1.82, 2.24) is 9.78 Å². The van der Waals surface area contributed by atoms with E-state index in [1.165, 1.54) is 43.8 Å². The number of aromatic carboxylic acids is 1. The molecule has 0 spiro atoms. The molecule has 0 aliphatic rings. The van der Waals surface area contributed by atoms with Gasteiger partial charge in [-0.05, 0) is 32.9 Å². The number of rotatable bonds is 7. The van der Waals surface area contributed by atoms with Crippen LogP contribution in [0.15, 0.2) is 18.2 Å². The molecule has 1 atom stereocenters. The highest BCUT2D eigenvalue weighted by atomic mass is 35.5. The third kappa shape index (κ3) is 5.33. The standard InChI is InChI=1S/C18H21ClF3N3O4/c1-9(18(20,21)22)23-10-5-6-11(12(7-10)29-4)15-13(19)14(16(26)27)24-25(15)8-17(2,3)28/h5-7,9,23,28H,8H2,1-4H3,(H,26,27)/t9-/m1/s1. The molecule has 0 unspecified atom stereocenters. The van der Waals surface area contributed by atoms with Crippen LogP contribution in [0.5, 0.6) is 5.75 Å². The Morgan fingerprint density at radius 3 is 2.48 bits per heavy atom. The molecule has 1 aromatic heterocycles. The SMILES string of the molecule is COc1cc(N[C@H](C)C(F)(F)F)ccc1-c1c(Cl)c(C(=O)O)nn1CC(C)(C)O. The normalized spacial score (nSPS) is 13.3. The summed E-state index contributed by atoms with van der Waals surface area (Å²) in [5.41, 5.74) is -1.03. The Bertz CT molecular complexity index is 907. The lowest BCUT2D eigenvalue weighted by atomic mass is 10.1. The molecule has 11 heteroatoms. The Labute approximate surface area is 170 Å². The van der Waals surface area contributed by atoms with E-state index in [9.17, 15) is 28.2 Å². The van der Waals surface area contributed by atoms with Crippen LogP contribution >= 0.6 is 11.6 Å². The number of carbonyl (C=O) groups is 1. The average Bonchev–Trinajstić information content (AvgIpc) is 2.88. The molecule has 29 heavy (non-hydrogen) atoms. The molecule has 1 aromatic carbocycles. The van der Waals surface area contributed by atoms with E-state index in [2.05, 4.69) is 10.4 Å². The number of anilines is 1. The van der Waals surface area contributed by atoms with Gasteiger partial charge in [0.05, 0.1) is 24.9 Å². The van der Waals surface area contributed by atoms with Gasteiger partial charge >= 0.3 is 12.1 Å². The van der Waals surface area contributed by atoms with E-state index in [1.807, 2.05) is 0 Å². The molecular formula is C18H21ClF3N3O4. The number of alkyl halides is 3. The predicted molar refractivity (Wildman–Crippen MR) is 102 cm³/mol. The van der Waals surface area contributed by atoms with Crippen molar-refractivity contribution in [3.63, 3.8) is 0 Å². The van der Waals surface area contributed by atoms with Gasteiger partial charge in [-0.25, -0.2) is 4.79 Å². The van der Waals surface area contributed by atoms with Gasteiger partial charge in [-0.1, -0.05) is 11.6 Å². The van der Waals surface area contributed by atoms with Crippen LogP contribution in [0.4, 0.5) is 18.9 Å². The molecule has 0 amide bonds. The third-order valence-electron chi connectivity index (χ3n) is 3.96. The number of carboxylic acid groups (broad SMARTS) is 1. The highest BCUT2D eigenvalue weighted by Gasteiger charge is 2.36. The maximum atomic E-state index is 12.8. The number of hydrogen-bond acceptors (Lipinski definition) is 5. The lowest BCUT2D eigenvalue weighted by molar-refractivity contribution is -0.138. The van der Waals surface area contributed by atoms with E-state index in [0.29, 0.717) is 5.56 Å². The molecule has 0 bridgehead atoms. The number of benzene rings is 1. The van der Waals surface area contributed by atoms with Crippen molar-refractivity contribution in [2.45, 2.75) is 45.1 Å². The fraction of sp³-hybridized carbons (Fsp3) is 0.444. The van der Waals surface area contributed by atoms with Gasteiger partial charge in [0.2, 0.25) is 0 Å². The molecule has 7 nitrogen and oxygen atoms in total. The van der Waals surface area contributed by atoms with Gasteiger partial charge < -0.3 is 20.3 Å². The molecule has 1 heterocycles. The minimum atomic E-state index is -4.43. The van der Waals surface area contributed by atoms with E-state index < -0.39 is 29.5 Å². The molecule has 0 aliphatic carbocycles. The number of carboxylic acids is 1. The number of aliphatic hydroxyl groups is 1. The highest BCUT2D eigenvalue weighted by molar-refractivity contribution is 6.35. The second kappa shape index (κ2) is 8.11. The summed E-state index contributed by atoms with van der Waals surface area (Å²) in [6.45, 7) is 3.92. The fourth-order valence-electron chi connectivity index (χ4n) is 2.62. The van der Waals surface area contributed by atoms with E-state index in [4.69, 9.17) is 16.3 Å². The molecule has 3 N–H and O–H groups in total. The molecule has 0 fully saturated rings. The van der Waals surface area contributed by atoms with Crippen molar-refractivity contribution >= 4 is 23.3 Å². The smallest absolute Gasteiger partial charge is 0.408 e. The maximum absolute atomic E-state index is 12.8. The monoisotopic (exact) mass is 435 g/mol. The summed E-state index contributed by atoms with van der Waals surface area (Å²) >= 11 is 6.24. The van der Waals surface area contributed by atoms with E-state index in [1.54, 1.807) is 0 Å². The molecule has 160 valence electrons. The zero-order chi connectivity index (χ0) is 22.1. The van der Waals surface area contributed by atoms with Gasteiger partial charge in [-0.15, -0.1) is 0 Å². The van der Waals surface area contributed by atoms with E-state index >= 15 is 0 Å². The van der Waals surface area contributed by atoms with Crippen molar-refractivity contribution < 1.29 is 32.9 Å².